The summed E-state index contributed by atoms with van der Waals surface area (Å²) in [4.78, 5) is 14.9. The number of anilines is 1. The second kappa shape index (κ2) is 9.32. The fraction of sp³-hybridized carbons (Fsp3) is 0.483. The molecule has 2 saturated carbocycles. The van der Waals surface area contributed by atoms with Gasteiger partial charge in [-0.05, 0) is 80.0 Å². The van der Waals surface area contributed by atoms with E-state index < -0.39 is 35.1 Å². The number of aryl methyl sites for hydroxylation is 1. The first-order valence-electron chi connectivity index (χ1n) is 13.5. The molecule has 2 aliphatic carbocycles. The summed E-state index contributed by atoms with van der Waals surface area (Å²) >= 11 is 0. The van der Waals surface area contributed by atoms with Gasteiger partial charge in [0, 0.05) is 30.4 Å². The standard InChI is InChI=1S/C29H30F5N5O2/c1-26(7-4-8-26)35-12-17-9-20-21(22(10-17)29(32,33)34)13-39(23(20)40)19-6-3-5-18(11-19)27(25-37-36-16-38(25)2)14-28(41,15-27)24(30)31/h3,5-6,9-11,16,24,35,41H,4,7-8,12-15H2,1-2H3/t27-,28+. The van der Waals surface area contributed by atoms with Crippen LogP contribution in [0.3, 0.4) is 0 Å². The van der Waals surface area contributed by atoms with Crippen molar-refractivity contribution in [3.63, 3.8) is 0 Å². The number of benzene rings is 2. The Labute approximate surface area is 233 Å². The molecule has 1 amide bonds. The highest BCUT2D eigenvalue weighted by Crippen LogP contribution is 2.56. The summed E-state index contributed by atoms with van der Waals surface area (Å²) in [6.45, 7) is 1.96. The molecule has 0 radical (unpaired) electrons. The van der Waals surface area contributed by atoms with E-state index in [1.807, 2.05) is 6.92 Å². The lowest BCUT2D eigenvalue weighted by atomic mass is 9.55. The second-order valence-corrected chi connectivity index (χ2v) is 12.0. The normalized spacial score (nSPS) is 25.3. The molecule has 0 bridgehead atoms. The van der Waals surface area contributed by atoms with Gasteiger partial charge in [0.25, 0.3) is 12.3 Å². The lowest BCUT2D eigenvalue weighted by molar-refractivity contribution is -0.172. The number of amides is 1. The van der Waals surface area contributed by atoms with Crippen molar-refractivity contribution in [1.82, 2.24) is 20.1 Å². The van der Waals surface area contributed by atoms with E-state index in [2.05, 4.69) is 15.5 Å². The molecule has 2 N–H and O–H groups in total. The Bertz CT molecular complexity index is 1510. The van der Waals surface area contributed by atoms with Crippen LogP contribution >= 0.6 is 0 Å². The molecule has 0 atom stereocenters. The molecule has 6 rings (SSSR count). The molecule has 12 heteroatoms. The Morgan fingerprint density at radius 3 is 2.46 bits per heavy atom. The number of rotatable bonds is 7. The maximum atomic E-state index is 14.2. The molecule has 1 aliphatic heterocycles. The molecule has 1 aromatic heterocycles. The van der Waals surface area contributed by atoms with Crippen molar-refractivity contribution >= 4 is 11.6 Å². The minimum Gasteiger partial charge on any atom is -0.384 e. The van der Waals surface area contributed by atoms with Crippen LogP contribution in [0.25, 0.3) is 0 Å². The first kappa shape index (κ1) is 27.8. The Kier molecular flexibility index (Phi) is 6.31. The molecule has 0 unspecified atom stereocenters. The predicted molar refractivity (Wildman–Crippen MR) is 139 cm³/mol. The van der Waals surface area contributed by atoms with E-state index in [0.29, 0.717) is 22.6 Å². The Balaban J connectivity index is 1.35. The summed E-state index contributed by atoms with van der Waals surface area (Å²) in [5, 5.41) is 21.8. The largest absolute Gasteiger partial charge is 0.416 e. The summed E-state index contributed by atoms with van der Waals surface area (Å²) in [5.74, 6) is -0.197. The SMILES string of the molecule is Cn1cnnc1[C@]1(c2cccc(N3Cc4c(cc(CNC5(C)CCC5)cc4C(F)(F)F)C3=O)c2)C[C@@](O)(C(F)F)C1. The van der Waals surface area contributed by atoms with E-state index in [0.717, 1.165) is 25.3 Å². The predicted octanol–water partition coefficient (Wildman–Crippen LogP) is 5.10. The number of carbonyl (C=O) groups excluding carboxylic acids is 1. The van der Waals surface area contributed by atoms with E-state index in [-0.39, 0.29) is 42.6 Å². The zero-order valence-corrected chi connectivity index (χ0v) is 22.6. The third-order valence-electron chi connectivity index (χ3n) is 9.06. The number of alkyl halides is 5. The molecule has 3 aromatic rings. The van der Waals surface area contributed by atoms with Gasteiger partial charge < -0.3 is 19.9 Å². The summed E-state index contributed by atoms with van der Waals surface area (Å²) in [6, 6.07) is 9.16. The number of fused-ring (bicyclic) bond motifs is 1. The first-order chi connectivity index (χ1) is 19.2. The fourth-order valence-electron chi connectivity index (χ4n) is 6.56. The van der Waals surface area contributed by atoms with Gasteiger partial charge in [-0.1, -0.05) is 12.1 Å². The summed E-state index contributed by atoms with van der Waals surface area (Å²) in [5.41, 5.74) is -3.17. The van der Waals surface area contributed by atoms with Crippen LogP contribution in [0, 0.1) is 0 Å². The quantitative estimate of drug-likeness (QED) is 0.383. The maximum Gasteiger partial charge on any atom is 0.416 e. The van der Waals surface area contributed by atoms with E-state index in [1.54, 1.807) is 35.9 Å². The van der Waals surface area contributed by atoms with Crippen molar-refractivity contribution in [1.29, 1.82) is 0 Å². The number of nitrogens with zero attached hydrogens (tertiary/aromatic N) is 4. The molecule has 2 aromatic carbocycles. The van der Waals surface area contributed by atoms with Crippen LogP contribution in [0.4, 0.5) is 27.6 Å². The van der Waals surface area contributed by atoms with E-state index in [1.165, 1.54) is 17.3 Å². The number of hydrogen-bond donors (Lipinski definition) is 2. The van der Waals surface area contributed by atoms with Crippen LogP contribution in [-0.2, 0) is 31.7 Å². The van der Waals surface area contributed by atoms with Gasteiger partial charge in [-0.2, -0.15) is 13.2 Å². The van der Waals surface area contributed by atoms with Gasteiger partial charge in [0.2, 0.25) is 0 Å². The van der Waals surface area contributed by atoms with Gasteiger partial charge in [-0.3, -0.25) is 4.79 Å². The molecular formula is C29H30F5N5O2. The van der Waals surface area contributed by atoms with Crippen molar-refractivity contribution in [3.8, 4) is 0 Å². The van der Waals surface area contributed by atoms with Crippen molar-refractivity contribution in [2.45, 2.75) is 81.3 Å². The summed E-state index contributed by atoms with van der Waals surface area (Å²) in [6.07, 6.45) is -3.90. The third kappa shape index (κ3) is 4.51. The van der Waals surface area contributed by atoms with Crippen molar-refractivity contribution in [2.75, 3.05) is 4.90 Å². The monoisotopic (exact) mass is 575 g/mol. The summed E-state index contributed by atoms with van der Waals surface area (Å²) in [7, 11) is 1.66. The van der Waals surface area contributed by atoms with Gasteiger partial charge in [0.15, 0.2) is 0 Å². The molecule has 2 fully saturated rings. The third-order valence-corrected chi connectivity index (χ3v) is 9.06. The average molecular weight is 576 g/mol. The molecule has 0 saturated heterocycles. The van der Waals surface area contributed by atoms with Crippen LogP contribution in [0.1, 0.15) is 77.5 Å². The molecule has 3 aliphatic rings. The minimum absolute atomic E-state index is 0.000440. The Morgan fingerprint density at radius 2 is 1.88 bits per heavy atom. The van der Waals surface area contributed by atoms with E-state index in [4.69, 9.17) is 0 Å². The maximum absolute atomic E-state index is 14.2. The highest BCUT2D eigenvalue weighted by atomic mass is 19.4. The molecule has 218 valence electrons. The van der Waals surface area contributed by atoms with Crippen LogP contribution in [0.15, 0.2) is 42.7 Å². The summed E-state index contributed by atoms with van der Waals surface area (Å²) < 4.78 is 71.5. The topological polar surface area (TPSA) is 83.3 Å². The van der Waals surface area contributed by atoms with Crippen LogP contribution < -0.4 is 10.2 Å². The first-order valence-corrected chi connectivity index (χ1v) is 13.5. The van der Waals surface area contributed by atoms with E-state index >= 15 is 0 Å². The number of carbonyl (C=O) groups is 1. The van der Waals surface area contributed by atoms with E-state index in [9.17, 15) is 31.9 Å². The molecule has 7 nitrogen and oxygen atoms in total. The van der Waals surface area contributed by atoms with Crippen molar-refractivity contribution < 1.29 is 31.9 Å². The van der Waals surface area contributed by atoms with Gasteiger partial charge in [0.05, 0.1) is 17.5 Å². The fourth-order valence-corrected chi connectivity index (χ4v) is 6.56. The van der Waals surface area contributed by atoms with Crippen LogP contribution in [0.2, 0.25) is 0 Å². The second-order valence-electron chi connectivity index (χ2n) is 12.0. The molecule has 41 heavy (non-hydrogen) atoms. The number of aromatic nitrogens is 3. The van der Waals surface area contributed by atoms with Gasteiger partial charge in [-0.15, -0.1) is 10.2 Å². The Morgan fingerprint density at radius 1 is 1.15 bits per heavy atom. The van der Waals surface area contributed by atoms with Gasteiger partial charge >= 0.3 is 6.18 Å². The number of nitrogens with one attached hydrogen (secondary N) is 1. The highest BCUT2D eigenvalue weighted by molar-refractivity contribution is 6.10. The highest BCUT2D eigenvalue weighted by Gasteiger charge is 2.62. The smallest absolute Gasteiger partial charge is 0.384 e. The number of aliphatic hydroxyl groups is 1. The zero-order valence-electron chi connectivity index (χ0n) is 22.6. The minimum atomic E-state index is -4.65. The van der Waals surface area contributed by atoms with Crippen LogP contribution in [-0.4, -0.2) is 43.3 Å². The molecule has 0 spiro atoms. The molecule has 2 heterocycles. The zero-order chi connectivity index (χ0) is 29.4. The number of halogens is 5. The Hall–Kier alpha value is -3.38. The number of hydrogen-bond acceptors (Lipinski definition) is 5. The van der Waals surface area contributed by atoms with Crippen molar-refractivity contribution in [3.05, 3.63) is 76.4 Å². The van der Waals surface area contributed by atoms with Crippen LogP contribution in [0.5, 0.6) is 0 Å². The van der Waals surface area contributed by atoms with Gasteiger partial charge in [-0.25, -0.2) is 8.78 Å². The van der Waals surface area contributed by atoms with Gasteiger partial charge in [0.1, 0.15) is 17.8 Å². The molecular weight excluding hydrogens is 545 g/mol. The lowest BCUT2D eigenvalue weighted by Crippen LogP contribution is -2.60. The lowest BCUT2D eigenvalue weighted by Gasteiger charge is -2.52. The van der Waals surface area contributed by atoms with Crippen molar-refractivity contribution in [2.24, 2.45) is 7.05 Å². The average Bonchev–Trinajstić information content (AvgIpc) is 3.46.